The minimum atomic E-state index is -0.308. The minimum Gasteiger partial charge on any atom is -0.490 e. The molecule has 0 radical (unpaired) electrons. The van der Waals surface area contributed by atoms with E-state index in [-0.39, 0.29) is 29.7 Å². The molecule has 1 aliphatic heterocycles. The lowest BCUT2D eigenvalue weighted by Gasteiger charge is -2.40. The van der Waals surface area contributed by atoms with E-state index >= 15 is 0 Å². The Morgan fingerprint density at radius 1 is 0.923 bits per heavy atom. The number of allylic oxidation sites excluding steroid dienone is 1. The van der Waals surface area contributed by atoms with Gasteiger partial charge < -0.3 is 14.8 Å². The van der Waals surface area contributed by atoms with Crippen LogP contribution in [0.15, 0.2) is 84.4 Å². The van der Waals surface area contributed by atoms with Crippen LogP contribution in [0.3, 0.4) is 0 Å². The van der Waals surface area contributed by atoms with Crippen LogP contribution in [0, 0.1) is 11.2 Å². The van der Waals surface area contributed by atoms with Crippen LogP contribution in [-0.4, -0.2) is 12.4 Å². The van der Waals surface area contributed by atoms with Crippen molar-refractivity contribution in [2.24, 2.45) is 5.41 Å². The fourth-order valence-electron chi connectivity index (χ4n) is 5.95. The van der Waals surface area contributed by atoms with Crippen molar-refractivity contribution >= 4 is 27.8 Å². The van der Waals surface area contributed by atoms with Gasteiger partial charge in [0.2, 0.25) is 0 Å². The Kier molecular flexibility index (Phi) is 6.38. The lowest BCUT2D eigenvalue weighted by atomic mass is 9.68. The number of rotatable bonds is 6. The molecule has 4 aromatic carbocycles. The first-order valence-electron chi connectivity index (χ1n) is 13.5. The molecule has 4 aromatic rings. The lowest BCUT2D eigenvalue weighted by Crippen LogP contribution is -2.33. The predicted octanol–water partition coefficient (Wildman–Crippen LogP) is 8.27. The number of ketones is 1. The number of hydrogen-bond donors (Lipinski definition) is 1. The summed E-state index contributed by atoms with van der Waals surface area (Å²) in [5, 5.41) is 6.01. The summed E-state index contributed by atoms with van der Waals surface area (Å²) in [6.45, 7) is 6.81. The Labute approximate surface area is 228 Å². The fraction of sp³-hybridized carbons (Fsp3) is 0.265. The largest absolute Gasteiger partial charge is 0.490 e. The molecule has 198 valence electrons. The molecule has 0 amide bonds. The van der Waals surface area contributed by atoms with Gasteiger partial charge in [0.25, 0.3) is 0 Å². The molecule has 0 fully saturated rings. The van der Waals surface area contributed by atoms with Gasteiger partial charge in [0.05, 0.1) is 12.6 Å². The van der Waals surface area contributed by atoms with Crippen molar-refractivity contribution < 1.29 is 18.7 Å². The van der Waals surface area contributed by atoms with Gasteiger partial charge in [0.15, 0.2) is 17.3 Å². The van der Waals surface area contributed by atoms with Crippen LogP contribution in [0.2, 0.25) is 0 Å². The molecule has 0 aromatic heterocycles. The van der Waals surface area contributed by atoms with Gasteiger partial charge in [-0.2, -0.15) is 0 Å². The monoisotopic (exact) mass is 521 g/mol. The molecule has 0 saturated heterocycles. The minimum absolute atomic E-state index is 0.0943. The van der Waals surface area contributed by atoms with Crippen molar-refractivity contribution in [2.45, 2.75) is 46.3 Å². The Morgan fingerprint density at radius 3 is 2.54 bits per heavy atom. The molecular formula is C34H32FNO3. The SMILES string of the molecule is CCOc1cc([C@@H]2Nc3ccc4ccccc4c3C3=C2C(=O)CC(C)(C)C3)ccc1OCc1ccccc1F. The van der Waals surface area contributed by atoms with Gasteiger partial charge in [-0.3, -0.25) is 4.79 Å². The highest BCUT2D eigenvalue weighted by atomic mass is 19.1. The second-order valence-corrected chi connectivity index (χ2v) is 11.1. The maximum Gasteiger partial charge on any atom is 0.162 e. The van der Waals surface area contributed by atoms with Crippen LogP contribution in [0.5, 0.6) is 11.5 Å². The number of nitrogens with one attached hydrogen (secondary N) is 1. The second kappa shape index (κ2) is 9.88. The Hall–Kier alpha value is -4.12. The molecule has 2 aliphatic rings. The summed E-state index contributed by atoms with van der Waals surface area (Å²) >= 11 is 0. The zero-order chi connectivity index (χ0) is 27.1. The van der Waals surface area contributed by atoms with E-state index in [1.165, 1.54) is 6.07 Å². The van der Waals surface area contributed by atoms with E-state index in [0.29, 0.717) is 30.1 Å². The standard InChI is InChI=1S/C34H32FNO3/c1-4-38-30-17-22(14-16-29(30)39-20-23-10-6-8-12-26(23)35)33-32-25(18-34(2,3)19-28(32)37)31-24-11-7-5-9-21(24)13-15-27(31)36-33/h5-17,33,36H,4,18-20H2,1-3H3/t33-/m0/s1. The third kappa shape index (κ3) is 4.67. The van der Waals surface area contributed by atoms with Gasteiger partial charge in [-0.25, -0.2) is 4.39 Å². The number of Topliss-reactive ketones (excluding diaryl/α,β-unsaturated/α-hetero) is 1. The summed E-state index contributed by atoms with van der Waals surface area (Å²) in [4.78, 5) is 13.8. The van der Waals surface area contributed by atoms with Crippen LogP contribution in [-0.2, 0) is 11.4 Å². The normalized spacial score (nSPS) is 17.8. The van der Waals surface area contributed by atoms with Crippen LogP contribution >= 0.6 is 0 Å². The molecule has 0 unspecified atom stereocenters. The molecule has 0 bridgehead atoms. The quantitative estimate of drug-likeness (QED) is 0.277. The van der Waals surface area contributed by atoms with E-state index in [0.717, 1.165) is 45.2 Å². The van der Waals surface area contributed by atoms with E-state index in [1.807, 2.05) is 31.2 Å². The molecular weight excluding hydrogens is 489 g/mol. The summed E-state index contributed by atoms with van der Waals surface area (Å²) in [5.41, 5.74) is 5.41. The van der Waals surface area contributed by atoms with Gasteiger partial charge in [0, 0.05) is 28.8 Å². The van der Waals surface area contributed by atoms with Crippen molar-refractivity contribution in [1.82, 2.24) is 0 Å². The van der Waals surface area contributed by atoms with Crippen molar-refractivity contribution in [2.75, 3.05) is 11.9 Å². The molecule has 1 N–H and O–H groups in total. The van der Waals surface area contributed by atoms with Gasteiger partial charge in [-0.15, -0.1) is 0 Å². The average molecular weight is 522 g/mol. The molecule has 1 aliphatic carbocycles. The van der Waals surface area contributed by atoms with Gasteiger partial charge >= 0.3 is 0 Å². The zero-order valence-corrected chi connectivity index (χ0v) is 22.5. The van der Waals surface area contributed by atoms with Crippen LogP contribution in [0.1, 0.15) is 56.3 Å². The number of benzene rings is 4. The molecule has 39 heavy (non-hydrogen) atoms. The van der Waals surface area contributed by atoms with E-state index < -0.39 is 0 Å². The van der Waals surface area contributed by atoms with E-state index in [4.69, 9.17) is 9.47 Å². The Bertz CT molecular complexity index is 1620. The number of carbonyl (C=O) groups excluding carboxylic acids is 1. The number of fused-ring (bicyclic) bond motifs is 4. The molecule has 4 nitrogen and oxygen atoms in total. The summed E-state index contributed by atoms with van der Waals surface area (Å²) in [7, 11) is 0. The van der Waals surface area contributed by atoms with Gasteiger partial charge in [0.1, 0.15) is 12.4 Å². The van der Waals surface area contributed by atoms with Crippen LogP contribution < -0.4 is 14.8 Å². The van der Waals surface area contributed by atoms with Crippen LogP contribution in [0.25, 0.3) is 16.3 Å². The lowest BCUT2D eigenvalue weighted by molar-refractivity contribution is -0.118. The number of carbonyl (C=O) groups is 1. The highest BCUT2D eigenvalue weighted by molar-refractivity contribution is 6.12. The zero-order valence-electron chi connectivity index (χ0n) is 22.5. The highest BCUT2D eigenvalue weighted by Gasteiger charge is 2.41. The Morgan fingerprint density at radius 2 is 1.72 bits per heavy atom. The number of ether oxygens (including phenoxy) is 2. The van der Waals surface area contributed by atoms with Crippen LogP contribution in [0.4, 0.5) is 10.1 Å². The number of anilines is 1. The van der Waals surface area contributed by atoms with Crippen molar-refractivity contribution in [1.29, 1.82) is 0 Å². The highest BCUT2D eigenvalue weighted by Crippen LogP contribution is 2.52. The molecule has 5 heteroatoms. The molecule has 1 atom stereocenters. The number of halogens is 1. The first-order chi connectivity index (χ1) is 18.8. The van der Waals surface area contributed by atoms with E-state index in [2.05, 4.69) is 49.5 Å². The van der Waals surface area contributed by atoms with Crippen molar-refractivity contribution in [3.63, 3.8) is 0 Å². The number of hydrogen-bond acceptors (Lipinski definition) is 4. The summed E-state index contributed by atoms with van der Waals surface area (Å²) in [6.07, 6.45) is 1.33. The van der Waals surface area contributed by atoms with Gasteiger partial charge in [-0.1, -0.05) is 68.4 Å². The third-order valence-corrected chi connectivity index (χ3v) is 7.68. The molecule has 0 saturated carbocycles. The van der Waals surface area contributed by atoms with Gasteiger partial charge in [-0.05, 0) is 64.9 Å². The molecule has 0 spiro atoms. The Balaban J connectivity index is 1.43. The topological polar surface area (TPSA) is 47.6 Å². The maximum atomic E-state index is 14.2. The molecule has 1 heterocycles. The smallest absolute Gasteiger partial charge is 0.162 e. The fourth-order valence-corrected chi connectivity index (χ4v) is 5.95. The maximum absolute atomic E-state index is 14.2. The summed E-state index contributed by atoms with van der Waals surface area (Å²) in [6, 6.07) is 24.7. The summed E-state index contributed by atoms with van der Waals surface area (Å²) < 4.78 is 26.1. The average Bonchev–Trinajstić information content (AvgIpc) is 2.92. The predicted molar refractivity (Wildman–Crippen MR) is 154 cm³/mol. The van der Waals surface area contributed by atoms with E-state index in [1.54, 1.807) is 18.2 Å². The van der Waals surface area contributed by atoms with Crippen molar-refractivity contribution in [3.8, 4) is 11.5 Å². The second-order valence-electron chi connectivity index (χ2n) is 11.1. The van der Waals surface area contributed by atoms with Crippen molar-refractivity contribution in [3.05, 3.63) is 107 Å². The van der Waals surface area contributed by atoms with E-state index in [9.17, 15) is 9.18 Å². The first-order valence-corrected chi connectivity index (χ1v) is 13.5. The summed E-state index contributed by atoms with van der Waals surface area (Å²) in [5.74, 6) is 0.984. The third-order valence-electron chi connectivity index (χ3n) is 7.68. The first kappa shape index (κ1) is 25.2. The molecule has 6 rings (SSSR count).